The summed E-state index contributed by atoms with van der Waals surface area (Å²) in [4.78, 5) is 35.8. The molecule has 0 spiro atoms. The van der Waals surface area contributed by atoms with E-state index >= 15 is 0 Å². The topological polar surface area (TPSA) is 127 Å². The van der Waals surface area contributed by atoms with Crippen molar-refractivity contribution in [1.82, 2.24) is 14.9 Å². The molecule has 0 radical (unpaired) electrons. The first-order valence-corrected chi connectivity index (χ1v) is 7.07. The van der Waals surface area contributed by atoms with Crippen molar-refractivity contribution < 1.29 is 19.6 Å². The van der Waals surface area contributed by atoms with Gasteiger partial charge in [-0.25, -0.2) is 0 Å². The lowest BCUT2D eigenvalue weighted by molar-refractivity contribution is -0.389. The third kappa shape index (κ3) is 6.33. The summed E-state index contributed by atoms with van der Waals surface area (Å²) in [7, 11) is 0. The Morgan fingerprint density at radius 3 is 2.64 bits per heavy atom. The van der Waals surface area contributed by atoms with Gasteiger partial charge in [0, 0.05) is 19.9 Å². The summed E-state index contributed by atoms with van der Waals surface area (Å²) in [5.74, 6) is -0.890. The molecule has 0 saturated carbocycles. The largest absolute Gasteiger partial charge is 0.481 e. The highest BCUT2D eigenvalue weighted by Crippen LogP contribution is 2.09. The second-order valence-electron chi connectivity index (χ2n) is 4.94. The summed E-state index contributed by atoms with van der Waals surface area (Å²) < 4.78 is 1.43. The predicted octanol–water partition coefficient (Wildman–Crippen LogP) is 1.25. The van der Waals surface area contributed by atoms with Gasteiger partial charge in [-0.1, -0.05) is 12.8 Å². The number of aromatic nitrogens is 2. The van der Waals surface area contributed by atoms with Gasteiger partial charge in [-0.3, -0.25) is 14.2 Å². The van der Waals surface area contributed by atoms with Gasteiger partial charge < -0.3 is 20.5 Å². The van der Waals surface area contributed by atoms with Crippen molar-refractivity contribution in [3.8, 4) is 0 Å². The van der Waals surface area contributed by atoms with Gasteiger partial charge in [-0.2, -0.15) is 0 Å². The standard InChI is InChI=1S/C13H20N4O5/c1-10-15-11(17(21)22)8-16(10)9-12(18)14-7-5-3-2-4-6-13(19)20/h8H,2-7,9H2,1H3,(H,14,18)(H,19,20). The van der Waals surface area contributed by atoms with Crippen LogP contribution in [0.25, 0.3) is 0 Å². The molecule has 0 aromatic carbocycles. The maximum Gasteiger partial charge on any atom is 0.381 e. The summed E-state index contributed by atoms with van der Waals surface area (Å²) in [6.45, 7) is 2.09. The number of carboxylic acids is 1. The van der Waals surface area contributed by atoms with Crippen molar-refractivity contribution >= 4 is 17.7 Å². The number of amides is 1. The molecule has 1 aromatic rings. The minimum atomic E-state index is -0.793. The molecule has 0 bridgehead atoms. The Morgan fingerprint density at radius 1 is 1.36 bits per heavy atom. The fourth-order valence-electron chi connectivity index (χ4n) is 1.93. The number of carbonyl (C=O) groups excluding carboxylic acids is 1. The molecule has 22 heavy (non-hydrogen) atoms. The molecule has 1 aromatic heterocycles. The van der Waals surface area contributed by atoms with Crippen LogP contribution in [0.2, 0.25) is 0 Å². The van der Waals surface area contributed by atoms with E-state index in [0.717, 1.165) is 19.3 Å². The van der Waals surface area contributed by atoms with E-state index in [9.17, 15) is 19.7 Å². The quantitative estimate of drug-likeness (QED) is 0.380. The highest BCUT2D eigenvalue weighted by Gasteiger charge is 2.16. The number of nitro groups is 1. The van der Waals surface area contributed by atoms with Gasteiger partial charge in [0.25, 0.3) is 0 Å². The number of imidazole rings is 1. The molecule has 122 valence electrons. The number of nitrogens with zero attached hydrogens (tertiary/aromatic N) is 3. The molecule has 0 saturated heterocycles. The van der Waals surface area contributed by atoms with Crippen LogP contribution in [-0.4, -0.2) is 38.0 Å². The fraction of sp³-hybridized carbons (Fsp3) is 0.615. The molecule has 0 unspecified atom stereocenters. The van der Waals surface area contributed by atoms with Crippen LogP contribution in [0.15, 0.2) is 6.20 Å². The summed E-state index contributed by atoms with van der Waals surface area (Å²) in [5.41, 5.74) is 0. The second kappa shape index (κ2) is 8.75. The maximum atomic E-state index is 11.7. The molecule has 0 aliphatic carbocycles. The van der Waals surface area contributed by atoms with Crippen molar-refractivity contribution in [2.75, 3.05) is 6.54 Å². The summed E-state index contributed by atoms with van der Waals surface area (Å²) in [6.07, 6.45) is 4.49. The van der Waals surface area contributed by atoms with Gasteiger partial charge in [-0.15, -0.1) is 0 Å². The predicted molar refractivity (Wildman–Crippen MR) is 77.3 cm³/mol. The zero-order chi connectivity index (χ0) is 16.5. The molecule has 1 heterocycles. The summed E-state index contributed by atoms with van der Waals surface area (Å²) in [6, 6.07) is 0. The molecule has 2 N–H and O–H groups in total. The van der Waals surface area contributed by atoms with Gasteiger partial charge in [0.15, 0.2) is 0 Å². The minimum absolute atomic E-state index is 0.00825. The number of rotatable bonds is 10. The van der Waals surface area contributed by atoms with Crippen LogP contribution < -0.4 is 5.32 Å². The van der Waals surface area contributed by atoms with Crippen LogP contribution in [0.5, 0.6) is 0 Å². The molecule has 9 nitrogen and oxygen atoms in total. The number of carboxylic acid groups (broad SMARTS) is 1. The van der Waals surface area contributed by atoms with Crippen LogP contribution >= 0.6 is 0 Å². The average Bonchev–Trinajstić information content (AvgIpc) is 2.79. The number of unbranched alkanes of at least 4 members (excludes halogenated alkanes) is 3. The molecular formula is C13H20N4O5. The minimum Gasteiger partial charge on any atom is -0.481 e. The number of aryl methyl sites for hydroxylation is 1. The van der Waals surface area contributed by atoms with Gasteiger partial charge >= 0.3 is 11.8 Å². The van der Waals surface area contributed by atoms with E-state index in [4.69, 9.17) is 5.11 Å². The van der Waals surface area contributed by atoms with E-state index in [1.54, 1.807) is 6.92 Å². The van der Waals surface area contributed by atoms with E-state index in [1.165, 1.54) is 10.8 Å². The normalized spacial score (nSPS) is 10.4. The third-order valence-corrected chi connectivity index (χ3v) is 3.10. The summed E-state index contributed by atoms with van der Waals surface area (Å²) >= 11 is 0. The van der Waals surface area contributed by atoms with Gasteiger partial charge in [0.1, 0.15) is 12.7 Å². The molecule has 9 heteroatoms. The van der Waals surface area contributed by atoms with Gasteiger partial charge in [0.2, 0.25) is 11.7 Å². The average molecular weight is 312 g/mol. The molecule has 0 aliphatic rings. The van der Waals surface area contributed by atoms with E-state index in [0.29, 0.717) is 18.8 Å². The second-order valence-corrected chi connectivity index (χ2v) is 4.94. The van der Waals surface area contributed by atoms with Crippen LogP contribution in [0.3, 0.4) is 0 Å². The number of nitrogens with one attached hydrogen (secondary N) is 1. The Hall–Kier alpha value is -2.45. The first-order chi connectivity index (χ1) is 10.4. The lowest BCUT2D eigenvalue weighted by atomic mass is 10.1. The first kappa shape index (κ1) is 17.6. The highest BCUT2D eigenvalue weighted by molar-refractivity contribution is 5.75. The van der Waals surface area contributed by atoms with E-state index < -0.39 is 10.9 Å². The maximum absolute atomic E-state index is 11.7. The third-order valence-electron chi connectivity index (χ3n) is 3.10. The van der Waals surface area contributed by atoms with Crippen molar-refractivity contribution in [3.63, 3.8) is 0 Å². The Labute approximate surface area is 127 Å². The molecule has 0 fully saturated rings. The molecule has 1 amide bonds. The van der Waals surface area contributed by atoms with Gasteiger partial charge in [-0.05, 0) is 22.7 Å². The number of carbonyl (C=O) groups is 2. The Kier molecular flexibility index (Phi) is 7.00. The van der Waals surface area contributed by atoms with E-state index in [2.05, 4.69) is 10.3 Å². The lowest BCUT2D eigenvalue weighted by Crippen LogP contribution is -2.28. The zero-order valence-electron chi connectivity index (χ0n) is 12.4. The van der Waals surface area contributed by atoms with E-state index in [1.807, 2.05) is 0 Å². The van der Waals surface area contributed by atoms with Crippen molar-refractivity contribution in [3.05, 3.63) is 22.1 Å². The van der Waals surface area contributed by atoms with Crippen molar-refractivity contribution in [1.29, 1.82) is 0 Å². The molecular weight excluding hydrogens is 292 g/mol. The molecule has 1 rings (SSSR count). The lowest BCUT2D eigenvalue weighted by Gasteiger charge is -2.05. The first-order valence-electron chi connectivity index (χ1n) is 7.07. The highest BCUT2D eigenvalue weighted by atomic mass is 16.6. The van der Waals surface area contributed by atoms with Crippen molar-refractivity contribution in [2.24, 2.45) is 0 Å². The van der Waals surface area contributed by atoms with Crippen molar-refractivity contribution in [2.45, 2.75) is 45.6 Å². The monoisotopic (exact) mass is 312 g/mol. The SMILES string of the molecule is Cc1nc([N+](=O)[O-])cn1CC(=O)NCCCCCCC(=O)O. The van der Waals surface area contributed by atoms with Crippen LogP contribution in [-0.2, 0) is 16.1 Å². The van der Waals surface area contributed by atoms with E-state index in [-0.39, 0.29) is 24.7 Å². The Balaban J connectivity index is 2.21. The van der Waals surface area contributed by atoms with Gasteiger partial charge in [0.05, 0.1) is 0 Å². The smallest absolute Gasteiger partial charge is 0.381 e. The summed E-state index contributed by atoms with van der Waals surface area (Å²) in [5, 5.41) is 21.8. The fourth-order valence-corrected chi connectivity index (χ4v) is 1.93. The van der Waals surface area contributed by atoms with Crippen LogP contribution in [0.1, 0.15) is 37.9 Å². The number of hydrogen-bond acceptors (Lipinski definition) is 5. The van der Waals surface area contributed by atoms with Crippen LogP contribution in [0.4, 0.5) is 5.82 Å². The Morgan fingerprint density at radius 2 is 2.05 bits per heavy atom. The number of hydrogen-bond donors (Lipinski definition) is 2. The molecule has 0 atom stereocenters. The zero-order valence-corrected chi connectivity index (χ0v) is 12.4. The number of aliphatic carboxylic acids is 1. The Bertz CT molecular complexity index is 541. The van der Waals surface area contributed by atoms with Crippen LogP contribution in [0, 0.1) is 17.0 Å². The molecule has 0 aliphatic heterocycles.